The molecular weight excluding hydrogens is 402 g/mol. The molecule has 0 amide bonds. The molecule has 1 aromatic rings. The van der Waals surface area contributed by atoms with Crippen molar-refractivity contribution in [1.29, 1.82) is 0 Å². The van der Waals surface area contributed by atoms with Crippen LogP contribution in [0.25, 0.3) is 0 Å². The van der Waals surface area contributed by atoms with Crippen molar-refractivity contribution in [2.24, 2.45) is 0 Å². The van der Waals surface area contributed by atoms with Crippen LogP contribution in [0.3, 0.4) is 0 Å². The molecule has 0 saturated carbocycles. The first-order chi connectivity index (χ1) is 12.4. The maximum absolute atomic E-state index is 13.7. The van der Waals surface area contributed by atoms with Crippen molar-refractivity contribution in [3.8, 4) is 5.75 Å². The highest BCUT2D eigenvalue weighted by Crippen LogP contribution is 2.46. The summed E-state index contributed by atoms with van der Waals surface area (Å²) >= 11 is 0. The number of carbonyl (C=O) groups excluding carboxylic acids is 2. The lowest BCUT2D eigenvalue weighted by molar-refractivity contribution is -0.297. The van der Waals surface area contributed by atoms with Crippen LogP contribution in [0.15, 0.2) is 24.3 Å². The average Bonchev–Trinajstić information content (AvgIpc) is 2.52. The highest BCUT2D eigenvalue weighted by Gasteiger charge is 2.79. The number of carboxylic acid groups (broad SMARTS) is 1. The van der Waals surface area contributed by atoms with Gasteiger partial charge in [-0.05, 0) is 32.9 Å². The van der Waals surface area contributed by atoms with Crippen LogP contribution in [0.5, 0.6) is 5.75 Å². The Bertz CT molecular complexity index is 784. The van der Waals surface area contributed by atoms with E-state index in [9.17, 15) is 40.7 Å². The second-order valence-electron chi connectivity index (χ2n) is 6.42. The molecule has 156 valence electrons. The van der Waals surface area contributed by atoms with E-state index in [1.54, 1.807) is 0 Å². The number of ether oxygens (including phenoxy) is 2. The molecule has 28 heavy (non-hydrogen) atoms. The number of aliphatic carboxylic acids is 1. The minimum absolute atomic E-state index is 0.630. The fourth-order valence-electron chi connectivity index (χ4n) is 1.68. The number of para-hydroxylation sites is 1. The van der Waals surface area contributed by atoms with Crippen LogP contribution in [-0.2, 0) is 14.3 Å². The number of alkyl halides is 6. The predicted octanol–water partition coefficient (Wildman–Crippen LogP) is 3.54. The van der Waals surface area contributed by atoms with Crippen molar-refractivity contribution in [2.75, 3.05) is 0 Å². The Kier molecular flexibility index (Phi) is 6.08. The lowest BCUT2D eigenvalue weighted by atomic mass is 10.0. The van der Waals surface area contributed by atoms with Gasteiger partial charge in [-0.1, -0.05) is 12.1 Å². The van der Waals surface area contributed by atoms with E-state index in [0.717, 1.165) is 18.2 Å². The van der Waals surface area contributed by atoms with Crippen LogP contribution in [0.4, 0.5) is 26.3 Å². The van der Waals surface area contributed by atoms with Gasteiger partial charge in [0.1, 0.15) is 16.9 Å². The fraction of sp³-hybridized carbons (Fsp3) is 0.438. The Morgan fingerprint density at radius 1 is 0.893 bits per heavy atom. The lowest BCUT2D eigenvalue weighted by Gasteiger charge is -2.28. The molecule has 0 aliphatic heterocycles. The first-order valence-corrected chi connectivity index (χ1v) is 7.36. The minimum Gasteiger partial charge on any atom is -0.477 e. The molecule has 0 aromatic heterocycles. The van der Waals surface area contributed by atoms with E-state index in [0.29, 0.717) is 0 Å². The van der Waals surface area contributed by atoms with Crippen LogP contribution in [0.2, 0.25) is 0 Å². The molecule has 0 fully saturated rings. The number of carboxylic acids is 1. The second kappa shape index (κ2) is 7.32. The largest absolute Gasteiger partial charge is 0.477 e. The maximum Gasteiger partial charge on any atom is 0.411 e. The van der Waals surface area contributed by atoms with Crippen LogP contribution in [-0.4, -0.2) is 46.4 Å². The van der Waals surface area contributed by atoms with Gasteiger partial charge >= 0.3 is 35.7 Å². The molecule has 0 heterocycles. The smallest absolute Gasteiger partial charge is 0.411 e. The monoisotopic (exact) mass is 416 g/mol. The van der Waals surface area contributed by atoms with Crippen molar-refractivity contribution in [2.45, 2.75) is 44.1 Å². The summed E-state index contributed by atoms with van der Waals surface area (Å²) in [6, 6.07) is 3.96. The Morgan fingerprint density at radius 2 is 1.39 bits per heavy atom. The predicted molar refractivity (Wildman–Crippen MR) is 79.7 cm³/mol. The van der Waals surface area contributed by atoms with E-state index in [1.807, 2.05) is 0 Å². The van der Waals surface area contributed by atoms with Crippen LogP contribution in [0, 0.1) is 0 Å². The zero-order valence-corrected chi connectivity index (χ0v) is 14.6. The zero-order chi connectivity index (χ0) is 22.1. The van der Waals surface area contributed by atoms with Gasteiger partial charge in [0.25, 0.3) is 0 Å². The van der Waals surface area contributed by atoms with E-state index in [4.69, 9.17) is 9.84 Å². The van der Waals surface area contributed by atoms with E-state index < -0.39 is 52.6 Å². The number of esters is 2. The van der Waals surface area contributed by atoms with Crippen LogP contribution < -0.4 is 4.74 Å². The summed E-state index contributed by atoms with van der Waals surface area (Å²) in [5.74, 6) is -28.0. The summed E-state index contributed by atoms with van der Waals surface area (Å²) in [4.78, 5) is 33.7. The van der Waals surface area contributed by atoms with Crippen molar-refractivity contribution < 1.29 is 55.3 Å². The Hall–Kier alpha value is -2.79. The number of carbonyl (C=O) groups is 3. The van der Waals surface area contributed by atoms with Gasteiger partial charge in [-0.25, -0.2) is 14.4 Å². The molecule has 1 N–H and O–H groups in total. The third kappa shape index (κ3) is 4.37. The first-order valence-electron chi connectivity index (χ1n) is 7.36. The number of rotatable bonds is 6. The number of hydrogen-bond acceptors (Lipinski definition) is 5. The minimum atomic E-state index is -6.62. The summed E-state index contributed by atoms with van der Waals surface area (Å²) in [5.41, 5.74) is -1.69. The normalized spacial score (nSPS) is 13.0. The third-order valence-corrected chi connectivity index (χ3v) is 3.02. The molecule has 0 unspecified atom stereocenters. The average molecular weight is 416 g/mol. The number of halogens is 6. The highest BCUT2D eigenvalue weighted by atomic mass is 19.3. The van der Waals surface area contributed by atoms with E-state index in [-0.39, 0.29) is 0 Å². The molecule has 0 aliphatic rings. The van der Waals surface area contributed by atoms with Gasteiger partial charge in [-0.15, -0.1) is 0 Å². The molecule has 0 radical (unpaired) electrons. The Morgan fingerprint density at radius 3 is 1.86 bits per heavy atom. The van der Waals surface area contributed by atoms with Gasteiger partial charge in [-0.3, -0.25) is 0 Å². The van der Waals surface area contributed by atoms with Crippen LogP contribution in [0.1, 0.15) is 31.1 Å². The first kappa shape index (κ1) is 23.2. The zero-order valence-electron chi connectivity index (χ0n) is 14.6. The van der Waals surface area contributed by atoms with E-state index in [1.165, 1.54) is 26.8 Å². The lowest BCUT2D eigenvalue weighted by Crippen LogP contribution is -2.61. The summed E-state index contributed by atoms with van der Waals surface area (Å²) in [6.45, 7) is 4.34. The molecule has 1 aromatic carbocycles. The van der Waals surface area contributed by atoms with Gasteiger partial charge in [0, 0.05) is 0 Å². The van der Waals surface area contributed by atoms with Gasteiger partial charge in [0.2, 0.25) is 0 Å². The number of benzene rings is 1. The van der Waals surface area contributed by atoms with Gasteiger partial charge < -0.3 is 14.6 Å². The summed E-state index contributed by atoms with van der Waals surface area (Å²) < 4.78 is 89.0. The Labute approximate surface area is 154 Å². The van der Waals surface area contributed by atoms with E-state index >= 15 is 0 Å². The second-order valence-corrected chi connectivity index (χ2v) is 6.42. The van der Waals surface area contributed by atoms with E-state index in [2.05, 4.69) is 4.74 Å². The summed E-state index contributed by atoms with van der Waals surface area (Å²) in [6.07, 6.45) is 0. The summed E-state index contributed by atoms with van der Waals surface area (Å²) in [5, 5.41) is 8.06. The molecular formula is C16H14F6O6. The van der Waals surface area contributed by atoms with Crippen molar-refractivity contribution in [3.05, 3.63) is 29.8 Å². The standard InChI is InChI=1S/C16H14F6O6/c1-13(2,3)28-10(23)8-6-4-5-7-9(8)27-12(26)15(19,20)16(21,22)14(17,18)11(24)25/h4-7H,1-3H3,(H,24,25). The van der Waals surface area contributed by atoms with Crippen LogP contribution >= 0.6 is 0 Å². The fourth-order valence-corrected chi connectivity index (χ4v) is 1.68. The molecule has 0 aliphatic carbocycles. The quantitative estimate of drug-likeness (QED) is 0.434. The third-order valence-electron chi connectivity index (χ3n) is 3.02. The van der Waals surface area contributed by atoms with Gasteiger partial charge in [0.05, 0.1) is 0 Å². The van der Waals surface area contributed by atoms with Gasteiger partial charge in [0.15, 0.2) is 0 Å². The molecule has 0 saturated heterocycles. The molecule has 0 spiro atoms. The highest BCUT2D eigenvalue weighted by molar-refractivity contribution is 5.94. The van der Waals surface area contributed by atoms with Crippen molar-refractivity contribution >= 4 is 17.9 Å². The van der Waals surface area contributed by atoms with Crippen molar-refractivity contribution in [3.63, 3.8) is 0 Å². The molecule has 0 bridgehead atoms. The maximum atomic E-state index is 13.7. The SMILES string of the molecule is CC(C)(C)OC(=O)c1ccccc1OC(=O)C(F)(F)C(F)(F)C(F)(F)C(=O)O. The Balaban J connectivity index is 3.24. The topological polar surface area (TPSA) is 89.9 Å². The summed E-state index contributed by atoms with van der Waals surface area (Å²) in [7, 11) is 0. The molecule has 6 nitrogen and oxygen atoms in total. The molecule has 0 atom stereocenters. The molecule has 12 heteroatoms. The van der Waals surface area contributed by atoms with Gasteiger partial charge in [-0.2, -0.15) is 26.3 Å². The number of hydrogen-bond donors (Lipinski definition) is 1. The van der Waals surface area contributed by atoms with Crippen molar-refractivity contribution in [1.82, 2.24) is 0 Å². The molecule has 1 rings (SSSR count).